The predicted octanol–water partition coefficient (Wildman–Crippen LogP) is 2.04. The lowest BCUT2D eigenvalue weighted by Gasteiger charge is -2.16. The number of methoxy groups -OCH3 is 1. The van der Waals surface area contributed by atoms with Gasteiger partial charge in [0, 0.05) is 31.2 Å². The molecule has 2 heterocycles. The number of benzene rings is 1. The van der Waals surface area contributed by atoms with E-state index in [-0.39, 0.29) is 24.0 Å². The Bertz CT molecular complexity index is 899. The summed E-state index contributed by atoms with van der Waals surface area (Å²) in [6.45, 7) is 4.58. The highest BCUT2D eigenvalue weighted by molar-refractivity contribution is 6.01. The Morgan fingerprint density at radius 3 is 2.86 bits per heavy atom. The summed E-state index contributed by atoms with van der Waals surface area (Å²) in [5, 5.41) is 4.50. The molecule has 1 fully saturated rings. The van der Waals surface area contributed by atoms with Crippen molar-refractivity contribution in [2.75, 3.05) is 20.3 Å². The number of rotatable bonds is 9. The van der Waals surface area contributed by atoms with Gasteiger partial charge in [0.2, 0.25) is 11.8 Å². The fourth-order valence-corrected chi connectivity index (χ4v) is 3.49. The summed E-state index contributed by atoms with van der Waals surface area (Å²) in [6.07, 6.45) is 2.90. The molecule has 156 valence electrons. The summed E-state index contributed by atoms with van der Waals surface area (Å²) in [5.74, 6) is 0.218. The number of nitrogens with zero attached hydrogens (tertiary/aromatic N) is 1. The van der Waals surface area contributed by atoms with Gasteiger partial charge in [0.1, 0.15) is 5.75 Å². The molecule has 2 amide bonds. The number of hydrogen-bond acceptors (Lipinski definition) is 6. The van der Waals surface area contributed by atoms with Gasteiger partial charge in [-0.25, -0.2) is 4.98 Å². The van der Waals surface area contributed by atoms with E-state index in [0.29, 0.717) is 36.8 Å². The first kappa shape index (κ1) is 20.9. The molecule has 1 aromatic heterocycles. The lowest BCUT2D eigenvalue weighted by molar-refractivity contribution is -0.123. The molecule has 8 nitrogen and oxygen atoms in total. The highest BCUT2D eigenvalue weighted by Crippen LogP contribution is 2.31. The molecule has 29 heavy (non-hydrogen) atoms. The van der Waals surface area contributed by atoms with Crippen LogP contribution in [0.3, 0.4) is 0 Å². The molecular weight excluding hydrogens is 374 g/mol. The highest BCUT2D eigenvalue weighted by Gasteiger charge is 2.31. The first-order chi connectivity index (χ1) is 13.9. The molecule has 3 N–H and O–H groups in total. The molecule has 2 aromatic rings. The maximum absolute atomic E-state index is 11.9. The highest BCUT2D eigenvalue weighted by atomic mass is 16.5. The van der Waals surface area contributed by atoms with E-state index >= 15 is 0 Å². The van der Waals surface area contributed by atoms with Gasteiger partial charge >= 0.3 is 0 Å². The van der Waals surface area contributed by atoms with Crippen LogP contribution in [0.1, 0.15) is 37.0 Å². The monoisotopic (exact) mass is 401 g/mol. The summed E-state index contributed by atoms with van der Waals surface area (Å²) in [7, 11) is 1.59. The van der Waals surface area contributed by atoms with E-state index in [4.69, 9.17) is 19.9 Å². The molecule has 1 unspecified atom stereocenters. The van der Waals surface area contributed by atoms with Gasteiger partial charge in [-0.1, -0.05) is 0 Å². The molecule has 1 saturated heterocycles. The van der Waals surface area contributed by atoms with Crippen LogP contribution in [-0.4, -0.2) is 49.3 Å². The molecule has 1 aromatic carbocycles. The maximum Gasteiger partial charge on any atom is 0.252 e. The van der Waals surface area contributed by atoms with Crippen molar-refractivity contribution in [2.45, 2.75) is 38.8 Å². The van der Waals surface area contributed by atoms with Gasteiger partial charge in [0.25, 0.3) is 5.91 Å². The Labute approximate surface area is 169 Å². The van der Waals surface area contributed by atoms with Crippen molar-refractivity contribution in [3.63, 3.8) is 0 Å². The van der Waals surface area contributed by atoms with Crippen LogP contribution in [-0.2, 0) is 9.53 Å². The number of fused-ring (bicyclic) bond motifs is 1. The van der Waals surface area contributed by atoms with Gasteiger partial charge in [-0.15, -0.1) is 0 Å². The minimum Gasteiger partial charge on any atom is -0.490 e. The summed E-state index contributed by atoms with van der Waals surface area (Å²) >= 11 is 0. The van der Waals surface area contributed by atoms with Gasteiger partial charge in [-0.05, 0) is 43.9 Å². The van der Waals surface area contributed by atoms with Crippen LogP contribution >= 0.6 is 0 Å². The van der Waals surface area contributed by atoms with Gasteiger partial charge in [0.15, 0.2) is 0 Å². The third-order valence-electron chi connectivity index (χ3n) is 4.82. The second-order valence-electron chi connectivity index (χ2n) is 7.45. The van der Waals surface area contributed by atoms with Crippen LogP contribution in [0.4, 0.5) is 0 Å². The molecule has 0 spiro atoms. The lowest BCUT2D eigenvalue weighted by Crippen LogP contribution is -2.28. The van der Waals surface area contributed by atoms with Crippen LogP contribution in [0, 0.1) is 5.92 Å². The van der Waals surface area contributed by atoms with Crippen molar-refractivity contribution in [3.05, 3.63) is 30.0 Å². The Hall–Kier alpha value is -2.87. The normalized spacial score (nSPS) is 18.8. The number of nitrogens with two attached hydrogens (primary N) is 1. The Kier molecular flexibility index (Phi) is 6.53. The fraction of sp³-hybridized carbons (Fsp3) is 0.476. The van der Waals surface area contributed by atoms with Gasteiger partial charge in [-0.3, -0.25) is 9.59 Å². The standard InChI is InChI=1S/C21H27N3O5/c1-12(2)29-18-10-16-13(9-17(18)19(22)25)4-6-23-21(16)28-7-5-15-8-14(11-27-3)20(26)24-15/h4,6,9-10,12,14-15H,5,7-8,11H2,1-3H3,(H2,22,25)(H,24,26)/t14?,15-/m1/s1. The van der Waals surface area contributed by atoms with Crippen molar-refractivity contribution >= 4 is 22.6 Å². The van der Waals surface area contributed by atoms with Crippen LogP contribution in [0.2, 0.25) is 0 Å². The number of primary amides is 1. The van der Waals surface area contributed by atoms with E-state index < -0.39 is 5.91 Å². The summed E-state index contributed by atoms with van der Waals surface area (Å²) in [5.41, 5.74) is 5.82. The molecule has 2 atom stereocenters. The quantitative estimate of drug-likeness (QED) is 0.665. The minimum absolute atomic E-state index is 0.0228. The van der Waals surface area contributed by atoms with E-state index in [1.807, 2.05) is 13.8 Å². The Morgan fingerprint density at radius 1 is 1.38 bits per heavy atom. The molecule has 3 rings (SSSR count). The number of nitrogens with one attached hydrogen (secondary N) is 1. The summed E-state index contributed by atoms with van der Waals surface area (Å²) < 4.78 is 16.7. The maximum atomic E-state index is 11.9. The first-order valence-electron chi connectivity index (χ1n) is 9.70. The van der Waals surface area contributed by atoms with Crippen molar-refractivity contribution in [1.82, 2.24) is 10.3 Å². The van der Waals surface area contributed by atoms with E-state index in [2.05, 4.69) is 10.3 Å². The zero-order valence-electron chi connectivity index (χ0n) is 16.9. The summed E-state index contributed by atoms with van der Waals surface area (Å²) in [6, 6.07) is 5.28. The number of carbonyl (C=O) groups is 2. The molecule has 1 aliphatic rings. The smallest absolute Gasteiger partial charge is 0.252 e. The Morgan fingerprint density at radius 2 is 2.17 bits per heavy atom. The second kappa shape index (κ2) is 9.09. The van der Waals surface area contributed by atoms with Crippen LogP contribution in [0.25, 0.3) is 10.8 Å². The molecule has 1 aliphatic heterocycles. The van der Waals surface area contributed by atoms with E-state index in [9.17, 15) is 9.59 Å². The molecule has 0 aliphatic carbocycles. The average molecular weight is 401 g/mol. The largest absolute Gasteiger partial charge is 0.490 e. The van der Waals surface area contributed by atoms with Crippen LogP contribution < -0.4 is 20.5 Å². The average Bonchev–Trinajstić information content (AvgIpc) is 3.00. The number of ether oxygens (including phenoxy) is 3. The van der Waals surface area contributed by atoms with E-state index in [0.717, 1.165) is 17.2 Å². The van der Waals surface area contributed by atoms with Crippen LogP contribution in [0.5, 0.6) is 11.6 Å². The second-order valence-corrected chi connectivity index (χ2v) is 7.45. The van der Waals surface area contributed by atoms with Crippen molar-refractivity contribution < 1.29 is 23.8 Å². The van der Waals surface area contributed by atoms with E-state index in [1.54, 1.807) is 31.5 Å². The number of pyridine rings is 1. The fourth-order valence-electron chi connectivity index (χ4n) is 3.49. The molecule has 0 saturated carbocycles. The van der Waals surface area contributed by atoms with Gasteiger partial charge < -0.3 is 25.3 Å². The molecule has 0 bridgehead atoms. The van der Waals surface area contributed by atoms with Crippen LogP contribution in [0.15, 0.2) is 24.4 Å². The lowest BCUT2D eigenvalue weighted by atomic mass is 10.0. The van der Waals surface area contributed by atoms with Crippen molar-refractivity contribution in [1.29, 1.82) is 0 Å². The predicted molar refractivity (Wildman–Crippen MR) is 108 cm³/mol. The third-order valence-corrected chi connectivity index (χ3v) is 4.82. The molecule has 0 radical (unpaired) electrons. The zero-order chi connectivity index (χ0) is 21.0. The van der Waals surface area contributed by atoms with Crippen molar-refractivity contribution in [3.8, 4) is 11.6 Å². The number of amides is 2. The zero-order valence-corrected chi connectivity index (χ0v) is 16.9. The molecular formula is C21H27N3O5. The van der Waals surface area contributed by atoms with E-state index in [1.165, 1.54) is 0 Å². The number of carbonyl (C=O) groups excluding carboxylic acids is 2. The minimum atomic E-state index is -0.551. The summed E-state index contributed by atoms with van der Waals surface area (Å²) in [4.78, 5) is 28.0. The molecule has 8 heteroatoms. The first-order valence-corrected chi connectivity index (χ1v) is 9.70. The van der Waals surface area contributed by atoms with Gasteiger partial charge in [-0.2, -0.15) is 0 Å². The number of hydrogen-bond donors (Lipinski definition) is 2. The van der Waals surface area contributed by atoms with Gasteiger partial charge in [0.05, 0.1) is 30.8 Å². The SMILES string of the molecule is COCC1C[C@@H](CCOc2nccc3cc(C(N)=O)c(OC(C)C)cc23)NC1=O. The topological polar surface area (TPSA) is 113 Å². The van der Waals surface area contributed by atoms with Crippen molar-refractivity contribution in [2.24, 2.45) is 11.7 Å². The Balaban J connectivity index is 1.74. The number of aromatic nitrogens is 1. The third kappa shape index (κ3) is 4.95.